The third kappa shape index (κ3) is 7.00. The van der Waals surface area contributed by atoms with Crippen molar-refractivity contribution in [1.29, 1.82) is 5.26 Å². The molecule has 1 aromatic heterocycles. The second-order valence-electron chi connectivity index (χ2n) is 6.86. The van der Waals surface area contributed by atoms with E-state index in [1.807, 2.05) is 0 Å². The van der Waals surface area contributed by atoms with Crippen molar-refractivity contribution < 1.29 is 18.0 Å². The van der Waals surface area contributed by atoms with Crippen molar-refractivity contribution in [1.82, 2.24) is 15.2 Å². The molecule has 1 aliphatic heterocycles. The zero-order valence-electron chi connectivity index (χ0n) is 15.5. The molecule has 1 atom stereocenters. The number of anilines is 1. The zero-order valence-corrected chi connectivity index (χ0v) is 17.2. The number of likely N-dealkylation sites (tertiary alicyclic amines) is 1. The highest BCUT2D eigenvalue weighted by Gasteiger charge is 2.34. The molecular formula is C17H24Cl2F3N5O. The molecule has 0 spiro atoms. The van der Waals surface area contributed by atoms with Gasteiger partial charge in [-0.1, -0.05) is 0 Å². The number of carbonyl (C=O) groups is 1. The molecule has 0 aliphatic carbocycles. The molecule has 1 amide bonds. The molecule has 11 heteroatoms. The first kappa shape index (κ1) is 26.2. The number of rotatable bonds is 6. The lowest BCUT2D eigenvalue weighted by Crippen LogP contribution is -2.50. The molecular weight excluding hydrogens is 418 g/mol. The van der Waals surface area contributed by atoms with E-state index in [4.69, 9.17) is 5.26 Å². The van der Waals surface area contributed by atoms with Crippen LogP contribution in [0.5, 0.6) is 0 Å². The summed E-state index contributed by atoms with van der Waals surface area (Å²) in [5, 5.41) is 14.8. The minimum atomic E-state index is -4.49. The highest BCUT2D eigenvalue weighted by Crippen LogP contribution is 2.33. The van der Waals surface area contributed by atoms with Gasteiger partial charge in [0.2, 0.25) is 5.91 Å². The van der Waals surface area contributed by atoms with E-state index >= 15 is 0 Å². The second kappa shape index (κ2) is 10.7. The Kier molecular flexibility index (Phi) is 10.0. The molecule has 1 fully saturated rings. The van der Waals surface area contributed by atoms with Crippen LogP contribution in [-0.2, 0) is 11.0 Å². The van der Waals surface area contributed by atoms with E-state index in [1.54, 1.807) is 13.8 Å². The van der Waals surface area contributed by atoms with E-state index < -0.39 is 23.3 Å². The number of hydrogen-bond donors (Lipinski definition) is 2. The van der Waals surface area contributed by atoms with Gasteiger partial charge in [-0.2, -0.15) is 18.4 Å². The summed E-state index contributed by atoms with van der Waals surface area (Å²) in [5.41, 5.74) is -1.49. The first-order valence-corrected chi connectivity index (χ1v) is 8.34. The molecule has 2 heterocycles. The highest BCUT2D eigenvalue weighted by atomic mass is 35.5. The zero-order chi connectivity index (χ0) is 19.4. The van der Waals surface area contributed by atoms with E-state index in [2.05, 4.69) is 21.7 Å². The Balaban J connectivity index is 0.00000364. The minimum Gasteiger partial charge on any atom is -0.368 e. The number of nitrogens with zero attached hydrogens (tertiary/aromatic N) is 3. The fraction of sp³-hybridized carbons (Fsp3) is 0.588. The summed E-state index contributed by atoms with van der Waals surface area (Å²) in [6, 6.07) is 3.92. The van der Waals surface area contributed by atoms with Crippen molar-refractivity contribution in [2.24, 2.45) is 0 Å². The summed E-state index contributed by atoms with van der Waals surface area (Å²) in [6.07, 6.45) is -1.73. The van der Waals surface area contributed by atoms with Crippen LogP contribution >= 0.6 is 24.8 Å². The maximum absolute atomic E-state index is 13.0. The fourth-order valence-electron chi connectivity index (χ4n) is 2.76. The summed E-state index contributed by atoms with van der Waals surface area (Å²) < 4.78 is 39.0. The molecule has 0 radical (unpaired) electrons. The van der Waals surface area contributed by atoms with E-state index in [0.717, 1.165) is 12.5 Å². The van der Waals surface area contributed by atoms with Crippen molar-refractivity contribution in [2.45, 2.75) is 44.4 Å². The Morgan fingerprint density at radius 1 is 1.39 bits per heavy atom. The van der Waals surface area contributed by atoms with Gasteiger partial charge in [-0.05, 0) is 38.8 Å². The maximum atomic E-state index is 13.0. The number of halogens is 5. The van der Waals surface area contributed by atoms with Crippen molar-refractivity contribution in [2.75, 3.05) is 25.0 Å². The first-order chi connectivity index (χ1) is 12.1. The molecule has 0 saturated carbocycles. The SMILES string of the molecule is CC(C)(CNc1ncccc1C(F)(F)F)NCC(=O)N1CCC[C@H]1C#N.Cl.Cl. The standard InChI is InChI=1S/C17H22F3N5O.2ClH/c1-16(2,24-10-14(26)25-8-4-5-12(25)9-21)11-23-15-13(17(18,19)20)6-3-7-22-15;;/h3,6-7,12,24H,4-5,8,10-11H2,1-2H3,(H,22,23);2*1H/t12-;;/m0../s1. The predicted octanol–water partition coefficient (Wildman–Crippen LogP) is 3.24. The average molecular weight is 442 g/mol. The molecule has 28 heavy (non-hydrogen) atoms. The Morgan fingerprint density at radius 2 is 2.07 bits per heavy atom. The number of aromatic nitrogens is 1. The Hall–Kier alpha value is -1.76. The van der Waals surface area contributed by atoms with Gasteiger partial charge in [0.05, 0.1) is 18.2 Å². The van der Waals surface area contributed by atoms with Crippen LogP contribution in [0.3, 0.4) is 0 Å². The molecule has 0 unspecified atom stereocenters. The normalized spacial score (nSPS) is 16.6. The molecule has 0 aromatic carbocycles. The third-order valence-electron chi connectivity index (χ3n) is 4.25. The molecule has 6 nitrogen and oxygen atoms in total. The van der Waals surface area contributed by atoms with Crippen LogP contribution in [0, 0.1) is 11.3 Å². The van der Waals surface area contributed by atoms with E-state index in [0.29, 0.717) is 13.0 Å². The summed E-state index contributed by atoms with van der Waals surface area (Å²) in [7, 11) is 0. The maximum Gasteiger partial charge on any atom is 0.419 e. The van der Waals surface area contributed by atoms with Crippen molar-refractivity contribution in [3.8, 4) is 6.07 Å². The Bertz CT molecular complexity index is 694. The average Bonchev–Trinajstić information content (AvgIpc) is 3.06. The number of nitriles is 1. The molecule has 1 aromatic rings. The van der Waals surface area contributed by atoms with Crippen LogP contribution in [0.1, 0.15) is 32.3 Å². The van der Waals surface area contributed by atoms with Gasteiger partial charge in [-0.3, -0.25) is 4.79 Å². The summed E-state index contributed by atoms with van der Waals surface area (Å²) in [5.74, 6) is -0.429. The number of hydrogen-bond acceptors (Lipinski definition) is 5. The molecule has 1 aliphatic rings. The second-order valence-corrected chi connectivity index (χ2v) is 6.86. The molecule has 1 saturated heterocycles. The van der Waals surface area contributed by atoms with Gasteiger partial charge in [0.25, 0.3) is 0 Å². The van der Waals surface area contributed by atoms with E-state index in [-0.39, 0.29) is 49.6 Å². The number of amides is 1. The Morgan fingerprint density at radius 3 is 2.68 bits per heavy atom. The fourth-order valence-corrected chi connectivity index (χ4v) is 2.76. The lowest BCUT2D eigenvalue weighted by Gasteiger charge is -2.29. The van der Waals surface area contributed by atoms with Gasteiger partial charge in [0.1, 0.15) is 11.9 Å². The molecule has 2 rings (SSSR count). The summed E-state index contributed by atoms with van der Waals surface area (Å²) in [6.45, 7) is 4.26. The van der Waals surface area contributed by atoms with Crippen molar-refractivity contribution in [3.05, 3.63) is 23.9 Å². The summed E-state index contributed by atoms with van der Waals surface area (Å²) in [4.78, 5) is 17.5. The van der Waals surface area contributed by atoms with Crippen LogP contribution < -0.4 is 10.6 Å². The molecule has 2 N–H and O–H groups in total. The quantitative estimate of drug-likeness (QED) is 0.707. The lowest BCUT2D eigenvalue weighted by molar-refractivity contribution is -0.137. The smallest absolute Gasteiger partial charge is 0.368 e. The van der Waals surface area contributed by atoms with Crippen molar-refractivity contribution >= 4 is 36.5 Å². The largest absolute Gasteiger partial charge is 0.419 e. The van der Waals surface area contributed by atoms with Gasteiger partial charge in [0, 0.05) is 24.8 Å². The number of nitrogens with one attached hydrogen (secondary N) is 2. The van der Waals surface area contributed by atoms with Crippen LogP contribution in [0.4, 0.5) is 19.0 Å². The lowest BCUT2D eigenvalue weighted by atomic mass is 10.1. The molecule has 158 valence electrons. The van der Waals surface area contributed by atoms with Crippen LogP contribution in [-0.4, -0.2) is 47.0 Å². The number of alkyl halides is 3. The molecule has 0 bridgehead atoms. The predicted molar refractivity (Wildman–Crippen MR) is 105 cm³/mol. The monoisotopic (exact) mass is 441 g/mol. The highest BCUT2D eigenvalue weighted by molar-refractivity contribution is 5.85. The van der Waals surface area contributed by atoms with Gasteiger partial charge >= 0.3 is 6.18 Å². The van der Waals surface area contributed by atoms with Gasteiger partial charge in [0.15, 0.2) is 0 Å². The van der Waals surface area contributed by atoms with Gasteiger partial charge < -0.3 is 15.5 Å². The number of carbonyl (C=O) groups excluding carboxylic acids is 1. The van der Waals surface area contributed by atoms with E-state index in [1.165, 1.54) is 17.2 Å². The number of pyridine rings is 1. The van der Waals surface area contributed by atoms with Crippen LogP contribution in [0.15, 0.2) is 18.3 Å². The van der Waals surface area contributed by atoms with E-state index in [9.17, 15) is 18.0 Å². The first-order valence-electron chi connectivity index (χ1n) is 8.34. The van der Waals surface area contributed by atoms with Gasteiger partial charge in [-0.25, -0.2) is 4.98 Å². The van der Waals surface area contributed by atoms with Crippen molar-refractivity contribution in [3.63, 3.8) is 0 Å². The Labute approximate surface area is 174 Å². The van der Waals surface area contributed by atoms with Crippen LogP contribution in [0.2, 0.25) is 0 Å². The third-order valence-corrected chi connectivity index (χ3v) is 4.25. The van der Waals surface area contributed by atoms with Gasteiger partial charge in [-0.15, -0.1) is 24.8 Å². The van der Waals surface area contributed by atoms with Crippen LogP contribution in [0.25, 0.3) is 0 Å². The topological polar surface area (TPSA) is 81.1 Å². The summed E-state index contributed by atoms with van der Waals surface area (Å²) >= 11 is 0. The minimum absolute atomic E-state index is 0.